The average molecular weight is 293 g/mol. The smallest absolute Gasteiger partial charge is 0.413 e. The number of alkyl carbamates (subject to hydrolysis) is 1. The van der Waals surface area contributed by atoms with Gasteiger partial charge in [0.1, 0.15) is 0 Å². The number of hydrogen-bond donors (Lipinski definition) is 3. The van der Waals surface area contributed by atoms with Crippen LogP contribution in [0, 0.1) is 5.92 Å². The maximum Gasteiger partial charge on any atom is 0.413 e. The third-order valence-electron chi connectivity index (χ3n) is 2.78. The Balaban J connectivity index is 2.01. The first kappa shape index (κ1) is 14.3. The number of methoxy groups -OCH3 is 1. The Hall–Kier alpha value is -2.15. The summed E-state index contributed by atoms with van der Waals surface area (Å²) in [4.78, 5) is 22.8. The first-order chi connectivity index (χ1) is 9.60. The van der Waals surface area contributed by atoms with E-state index in [1.54, 1.807) is 18.2 Å². The van der Waals surface area contributed by atoms with Crippen LogP contribution in [0.15, 0.2) is 24.3 Å². The largest absolute Gasteiger partial charge is 0.453 e. The van der Waals surface area contributed by atoms with E-state index >= 15 is 0 Å². The number of thiocarbonyl (C=S) groups is 1. The van der Waals surface area contributed by atoms with Crippen LogP contribution in [0.1, 0.15) is 12.8 Å². The Kier molecular flexibility index (Phi) is 4.52. The van der Waals surface area contributed by atoms with Crippen molar-refractivity contribution in [3.63, 3.8) is 0 Å². The van der Waals surface area contributed by atoms with Crippen LogP contribution < -0.4 is 16.0 Å². The molecule has 0 aliphatic heterocycles. The summed E-state index contributed by atoms with van der Waals surface area (Å²) in [5.74, 6) is 0.120. The first-order valence-electron chi connectivity index (χ1n) is 6.16. The van der Waals surface area contributed by atoms with Crippen LogP contribution in [0.5, 0.6) is 0 Å². The van der Waals surface area contributed by atoms with Crippen LogP contribution >= 0.6 is 12.2 Å². The lowest BCUT2D eigenvalue weighted by Gasteiger charge is -2.13. The molecule has 0 radical (unpaired) electrons. The van der Waals surface area contributed by atoms with Gasteiger partial charge in [0, 0.05) is 5.92 Å². The third-order valence-corrected chi connectivity index (χ3v) is 2.99. The summed E-state index contributed by atoms with van der Waals surface area (Å²) in [6.07, 6.45) is 1.22. The maximum absolute atomic E-state index is 11.8. The summed E-state index contributed by atoms with van der Waals surface area (Å²) >= 11 is 4.98. The van der Waals surface area contributed by atoms with Crippen LogP contribution in [0.25, 0.3) is 0 Å². The summed E-state index contributed by atoms with van der Waals surface area (Å²) < 4.78 is 4.45. The number of benzene rings is 1. The second-order valence-electron chi connectivity index (χ2n) is 4.38. The third kappa shape index (κ3) is 3.92. The van der Waals surface area contributed by atoms with Crippen molar-refractivity contribution in [2.24, 2.45) is 5.92 Å². The van der Waals surface area contributed by atoms with Crippen LogP contribution in [-0.2, 0) is 9.53 Å². The van der Waals surface area contributed by atoms with E-state index < -0.39 is 6.09 Å². The molecule has 0 saturated heterocycles. The Morgan fingerprint density at radius 3 is 2.35 bits per heavy atom. The Morgan fingerprint density at radius 2 is 1.80 bits per heavy atom. The summed E-state index contributed by atoms with van der Waals surface area (Å²) in [6.45, 7) is 0. The van der Waals surface area contributed by atoms with Gasteiger partial charge in [-0.15, -0.1) is 0 Å². The van der Waals surface area contributed by atoms with E-state index in [1.807, 2.05) is 6.07 Å². The molecule has 0 atom stereocenters. The van der Waals surface area contributed by atoms with Crippen molar-refractivity contribution in [1.29, 1.82) is 0 Å². The molecule has 7 heteroatoms. The zero-order valence-electron chi connectivity index (χ0n) is 10.9. The zero-order valence-corrected chi connectivity index (χ0v) is 11.8. The lowest BCUT2D eigenvalue weighted by atomic mass is 10.2. The highest BCUT2D eigenvalue weighted by Crippen LogP contribution is 2.31. The lowest BCUT2D eigenvalue weighted by Crippen LogP contribution is -2.34. The monoisotopic (exact) mass is 293 g/mol. The number of rotatable bonds is 3. The zero-order chi connectivity index (χ0) is 14.5. The molecule has 2 rings (SSSR count). The normalized spacial score (nSPS) is 13.2. The minimum Gasteiger partial charge on any atom is -0.453 e. The molecule has 6 nitrogen and oxygen atoms in total. The van der Waals surface area contributed by atoms with E-state index in [0.717, 1.165) is 12.8 Å². The van der Waals surface area contributed by atoms with E-state index in [1.165, 1.54) is 7.11 Å². The minimum atomic E-state index is -0.651. The van der Waals surface area contributed by atoms with Crippen molar-refractivity contribution in [1.82, 2.24) is 5.32 Å². The molecule has 0 aromatic heterocycles. The average Bonchev–Trinajstić information content (AvgIpc) is 3.25. The second-order valence-corrected chi connectivity index (χ2v) is 4.79. The molecule has 20 heavy (non-hydrogen) atoms. The van der Waals surface area contributed by atoms with Gasteiger partial charge in [-0.3, -0.25) is 10.1 Å². The number of ether oxygens (including phenoxy) is 1. The van der Waals surface area contributed by atoms with Crippen molar-refractivity contribution < 1.29 is 14.3 Å². The van der Waals surface area contributed by atoms with E-state index in [0.29, 0.717) is 11.4 Å². The molecule has 1 aliphatic rings. The van der Waals surface area contributed by atoms with Crippen LogP contribution in [0.3, 0.4) is 0 Å². The number of nitrogens with one attached hydrogen (secondary N) is 3. The highest BCUT2D eigenvalue weighted by Gasteiger charge is 2.29. The quantitative estimate of drug-likeness (QED) is 0.744. The molecular weight excluding hydrogens is 278 g/mol. The van der Waals surface area contributed by atoms with Crippen molar-refractivity contribution in [2.45, 2.75) is 12.8 Å². The van der Waals surface area contributed by atoms with Crippen LogP contribution in [-0.4, -0.2) is 24.2 Å². The van der Waals surface area contributed by atoms with Crippen molar-refractivity contribution in [3.8, 4) is 0 Å². The topological polar surface area (TPSA) is 79.5 Å². The fraction of sp³-hybridized carbons (Fsp3) is 0.308. The predicted octanol–water partition coefficient (Wildman–Crippen LogP) is 2.09. The Labute approximate surface area is 121 Å². The van der Waals surface area contributed by atoms with Gasteiger partial charge in [0.2, 0.25) is 5.91 Å². The number of amides is 2. The maximum atomic E-state index is 11.8. The van der Waals surface area contributed by atoms with Gasteiger partial charge in [0.05, 0.1) is 18.5 Å². The molecule has 1 saturated carbocycles. The summed E-state index contributed by atoms with van der Waals surface area (Å²) in [7, 11) is 1.25. The molecule has 0 unspecified atom stereocenters. The molecule has 1 aromatic rings. The van der Waals surface area contributed by atoms with Gasteiger partial charge < -0.3 is 15.4 Å². The standard InChI is InChI=1S/C13H15N3O3S/c1-19-13(18)16-12(20)15-10-5-3-2-4-9(10)14-11(17)8-6-7-8/h2-5,8H,6-7H2,1H3,(H,14,17)(H2,15,16,18,20). The van der Waals surface area contributed by atoms with E-state index in [-0.39, 0.29) is 16.9 Å². The molecule has 0 heterocycles. The van der Waals surface area contributed by atoms with E-state index in [9.17, 15) is 9.59 Å². The Morgan fingerprint density at radius 1 is 1.20 bits per heavy atom. The highest BCUT2D eigenvalue weighted by molar-refractivity contribution is 7.80. The summed E-state index contributed by atoms with van der Waals surface area (Å²) in [6, 6.07) is 7.14. The molecule has 106 valence electrons. The lowest BCUT2D eigenvalue weighted by molar-refractivity contribution is -0.117. The molecule has 1 aromatic carbocycles. The van der Waals surface area contributed by atoms with Gasteiger partial charge in [0.25, 0.3) is 0 Å². The van der Waals surface area contributed by atoms with Crippen molar-refractivity contribution in [2.75, 3.05) is 17.7 Å². The van der Waals surface area contributed by atoms with Gasteiger partial charge in [0.15, 0.2) is 5.11 Å². The van der Waals surface area contributed by atoms with E-state index in [4.69, 9.17) is 12.2 Å². The second kappa shape index (κ2) is 6.33. The predicted molar refractivity (Wildman–Crippen MR) is 79.6 cm³/mol. The molecule has 0 bridgehead atoms. The fourth-order valence-electron chi connectivity index (χ4n) is 1.58. The van der Waals surface area contributed by atoms with Gasteiger partial charge in [-0.05, 0) is 37.2 Å². The van der Waals surface area contributed by atoms with Crippen LogP contribution in [0.4, 0.5) is 16.2 Å². The number of carbonyl (C=O) groups excluding carboxylic acids is 2. The number of anilines is 2. The van der Waals surface area contributed by atoms with Crippen molar-refractivity contribution in [3.05, 3.63) is 24.3 Å². The molecule has 3 N–H and O–H groups in total. The highest BCUT2D eigenvalue weighted by atomic mass is 32.1. The van der Waals surface area contributed by atoms with Gasteiger partial charge >= 0.3 is 6.09 Å². The van der Waals surface area contributed by atoms with E-state index in [2.05, 4.69) is 20.7 Å². The number of para-hydroxylation sites is 2. The summed E-state index contributed by atoms with van der Waals surface area (Å²) in [5, 5.41) is 8.13. The minimum absolute atomic E-state index is 0.00564. The fourth-order valence-corrected chi connectivity index (χ4v) is 1.77. The SMILES string of the molecule is COC(=O)NC(=S)Nc1ccccc1NC(=O)C1CC1. The molecule has 1 fully saturated rings. The summed E-state index contributed by atoms with van der Waals surface area (Å²) in [5.41, 5.74) is 1.24. The van der Waals surface area contributed by atoms with Gasteiger partial charge in [-0.1, -0.05) is 12.1 Å². The van der Waals surface area contributed by atoms with Gasteiger partial charge in [-0.25, -0.2) is 4.79 Å². The first-order valence-corrected chi connectivity index (χ1v) is 6.57. The van der Waals surface area contributed by atoms with Gasteiger partial charge in [-0.2, -0.15) is 0 Å². The van der Waals surface area contributed by atoms with Crippen LogP contribution in [0.2, 0.25) is 0 Å². The number of carbonyl (C=O) groups is 2. The van der Waals surface area contributed by atoms with Crippen molar-refractivity contribution >= 4 is 40.7 Å². The molecule has 2 amide bonds. The Bertz CT molecular complexity index is 543. The molecule has 0 spiro atoms. The molecular formula is C13H15N3O3S. The molecule has 1 aliphatic carbocycles. The number of hydrogen-bond acceptors (Lipinski definition) is 4.